The van der Waals surface area contributed by atoms with E-state index in [0.29, 0.717) is 0 Å². The second-order valence-electron chi connectivity index (χ2n) is 5.09. The molecule has 2 aromatic rings. The van der Waals surface area contributed by atoms with Crippen LogP contribution in [-0.4, -0.2) is 15.1 Å². The molecular formula is C15H22BrCl2NSiZr. The van der Waals surface area contributed by atoms with E-state index in [1.807, 2.05) is 26.8 Å². The molecule has 0 saturated heterocycles. The molecule has 0 unspecified atom stereocenters. The van der Waals surface area contributed by atoms with E-state index in [2.05, 4.69) is 59.4 Å². The number of benzene rings is 1. The van der Waals surface area contributed by atoms with Crippen LogP contribution in [0.25, 0.3) is 16.5 Å². The van der Waals surface area contributed by atoms with Gasteiger partial charge in [0, 0.05) is 9.52 Å². The van der Waals surface area contributed by atoms with Crippen LogP contribution in [0.15, 0.2) is 40.9 Å². The summed E-state index contributed by atoms with van der Waals surface area (Å²) in [5, 5.41) is 2.59. The molecule has 0 atom stereocenters. The summed E-state index contributed by atoms with van der Waals surface area (Å²) in [4.78, 5) is 0. The molecule has 0 fully saturated rings. The van der Waals surface area contributed by atoms with E-state index in [1.54, 1.807) is 0 Å². The number of halogens is 3. The van der Waals surface area contributed by atoms with Crippen LogP contribution in [0.3, 0.4) is 0 Å². The average Bonchev–Trinajstić information content (AvgIpc) is 2.72. The molecule has 116 valence electrons. The molecule has 0 aliphatic carbocycles. The predicted octanol–water partition coefficient (Wildman–Crippen LogP) is 7.32. The SMILES string of the molecule is Brc1c[cH-]c2ccccc12.CC(C)(C)[NH-].C[Si]C.[Cl][Zr+2][Cl]. The minimum atomic E-state index is -0.826. The summed E-state index contributed by atoms with van der Waals surface area (Å²) in [6, 6.07) is 12.5. The van der Waals surface area contributed by atoms with Gasteiger partial charge in [-0.2, -0.15) is 0 Å². The summed E-state index contributed by atoms with van der Waals surface area (Å²) < 4.78 is 1.18. The zero-order valence-electron chi connectivity index (χ0n) is 13.1. The van der Waals surface area contributed by atoms with Crippen molar-refractivity contribution in [2.75, 3.05) is 0 Å². The van der Waals surface area contributed by atoms with Crippen LogP contribution in [0, 0.1) is 0 Å². The van der Waals surface area contributed by atoms with E-state index in [0.717, 1.165) is 9.52 Å². The van der Waals surface area contributed by atoms with Crippen LogP contribution in [0.4, 0.5) is 0 Å². The molecule has 0 aliphatic heterocycles. The van der Waals surface area contributed by atoms with Crippen molar-refractivity contribution in [1.82, 2.24) is 0 Å². The first-order valence-electron chi connectivity index (χ1n) is 6.30. The number of hydrogen-bond donors (Lipinski definition) is 0. The van der Waals surface area contributed by atoms with Crippen LogP contribution in [0.1, 0.15) is 20.8 Å². The van der Waals surface area contributed by atoms with Gasteiger partial charge in [0.2, 0.25) is 0 Å². The average molecular weight is 486 g/mol. The fourth-order valence-corrected chi connectivity index (χ4v) is 1.61. The van der Waals surface area contributed by atoms with Crippen LogP contribution >= 0.6 is 33.0 Å². The molecule has 0 aliphatic rings. The van der Waals surface area contributed by atoms with Crippen molar-refractivity contribution >= 4 is 53.2 Å². The van der Waals surface area contributed by atoms with Gasteiger partial charge in [-0.3, -0.25) is 0 Å². The van der Waals surface area contributed by atoms with E-state index in [9.17, 15) is 0 Å². The maximum absolute atomic E-state index is 6.94. The maximum atomic E-state index is 6.94. The Kier molecular flexibility index (Phi) is 16.8. The van der Waals surface area contributed by atoms with Crippen LogP contribution < -0.4 is 0 Å². The van der Waals surface area contributed by atoms with Gasteiger partial charge in [0.25, 0.3) is 0 Å². The first kappa shape index (κ1) is 24.2. The van der Waals surface area contributed by atoms with Gasteiger partial charge in [0.1, 0.15) is 0 Å². The zero-order valence-corrected chi connectivity index (χ0v) is 19.7. The second-order valence-corrected chi connectivity index (χ2v) is 10.7. The minimum absolute atomic E-state index is 0.250. The van der Waals surface area contributed by atoms with Crippen molar-refractivity contribution in [3.05, 3.63) is 46.6 Å². The molecule has 1 N–H and O–H groups in total. The predicted molar refractivity (Wildman–Crippen MR) is 101 cm³/mol. The standard InChI is InChI=1S/C9H6Br.C4H10N.C2H6Si.2ClH.Zr/c10-9-6-5-7-3-1-2-4-8(7)9;1-4(2,3)5;1-3-2;;;/h1-6H;5H,1-3H3;1-2H3;2*1H;/q2*-1;;;;+4/p-2. The van der Waals surface area contributed by atoms with Crippen molar-refractivity contribution in [3.8, 4) is 0 Å². The van der Waals surface area contributed by atoms with Gasteiger partial charge in [0.15, 0.2) is 0 Å². The van der Waals surface area contributed by atoms with Crippen molar-refractivity contribution in [2.45, 2.75) is 39.4 Å². The Balaban J connectivity index is 0. The molecule has 0 heterocycles. The summed E-state index contributed by atoms with van der Waals surface area (Å²) in [6.45, 7) is 9.87. The van der Waals surface area contributed by atoms with Gasteiger partial charge in [0.05, 0.1) is 0 Å². The first-order chi connectivity index (χ1) is 9.71. The van der Waals surface area contributed by atoms with Gasteiger partial charge in [-0.1, -0.05) is 44.4 Å². The normalized spacial score (nSPS) is 9.19. The Bertz CT molecular complexity index is 464. The van der Waals surface area contributed by atoms with E-state index < -0.39 is 20.8 Å². The van der Waals surface area contributed by atoms with Gasteiger partial charge < -0.3 is 5.73 Å². The molecular weight excluding hydrogens is 464 g/mol. The van der Waals surface area contributed by atoms with Crippen molar-refractivity contribution < 1.29 is 20.8 Å². The molecule has 2 aromatic carbocycles. The molecule has 2 rings (SSSR count). The summed E-state index contributed by atoms with van der Waals surface area (Å²) in [5.74, 6) is 0. The molecule has 0 amide bonds. The Morgan fingerprint density at radius 2 is 1.57 bits per heavy atom. The monoisotopic (exact) mass is 483 g/mol. The van der Waals surface area contributed by atoms with Crippen LogP contribution in [0.2, 0.25) is 13.1 Å². The molecule has 21 heavy (non-hydrogen) atoms. The fraction of sp³-hybridized carbons (Fsp3) is 0.400. The number of rotatable bonds is 0. The Labute approximate surface area is 158 Å². The van der Waals surface area contributed by atoms with E-state index in [-0.39, 0.29) is 5.54 Å². The molecule has 0 saturated carbocycles. The van der Waals surface area contributed by atoms with E-state index in [1.165, 1.54) is 15.2 Å². The van der Waals surface area contributed by atoms with Crippen LogP contribution in [-0.2, 0) is 20.8 Å². The van der Waals surface area contributed by atoms with Gasteiger partial charge in [-0.15, -0.1) is 62.6 Å². The van der Waals surface area contributed by atoms with Gasteiger partial charge >= 0.3 is 37.9 Å². The molecule has 1 nitrogen and oxygen atoms in total. The summed E-state index contributed by atoms with van der Waals surface area (Å²) in [6.07, 6.45) is 0. The molecule has 0 spiro atoms. The second kappa shape index (κ2) is 14.5. The van der Waals surface area contributed by atoms with Crippen molar-refractivity contribution in [3.63, 3.8) is 0 Å². The van der Waals surface area contributed by atoms with E-state index >= 15 is 0 Å². The van der Waals surface area contributed by atoms with Crippen molar-refractivity contribution in [2.24, 2.45) is 0 Å². The summed E-state index contributed by atoms with van der Waals surface area (Å²) in [7, 11) is 11.0. The number of hydrogen-bond acceptors (Lipinski definition) is 0. The summed E-state index contributed by atoms with van der Waals surface area (Å²) >= 11 is 2.64. The first-order valence-corrected chi connectivity index (χ1v) is 15.4. The third-order valence-electron chi connectivity index (χ3n) is 1.63. The molecule has 0 aromatic heterocycles. The van der Waals surface area contributed by atoms with Gasteiger partial charge in [-0.05, 0) is 0 Å². The number of nitrogens with one attached hydrogen (secondary N) is 1. The Hall–Kier alpha value is 0.950. The summed E-state index contributed by atoms with van der Waals surface area (Å²) in [5.41, 5.74) is 6.69. The van der Waals surface area contributed by atoms with Crippen LogP contribution in [0.5, 0.6) is 0 Å². The molecule has 6 heteroatoms. The molecule has 2 radical (unpaired) electrons. The number of fused-ring (bicyclic) bond motifs is 1. The third-order valence-corrected chi connectivity index (χ3v) is 2.32. The van der Waals surface area contributed by atoms with E-state index in [4.69, 9.17) is 22.8 Å². The fourth-order valence-electron chi connectivity index (χ4n) is 1.11. The third kappa shape index (κ3) is 17.1. The van der Waals surface area contributed by atoms with Crippen molar-refractivity contribution in [1.29, 1.82) is 0 Å². The quantitative estimate of drug-likeness (QED) is 0.275. The zero-order chi connectivity index (χ0) is 16.9. The Morgan fingerprint density at radius 3 is 1.95 bits per heavy atom. The topological polar surface area (TPSA) is 23.8 Å². The molecule has 0 bridgehead atoms. The Morgan fingerprint density at radius 1 is 1.19 bits per heavy atom. The van der Waals surface area contributed by atoms with Gasteiger partial charge in [-0.25, -0.2) is 0 Å².